The van der Waals surface area contributed by atoms with Gasteiger partial charge in [-0.15, -0.1) is 0 Å². The summed E-state index contributed by atoms with van der Waals surface area (Å²) in [7, 11) is 0. The van der Waals surface area contributed by atoms with Crippen LogP contribution in [0.2, 0.25) is 0 Å². The van der Waals surface area contributed by atoms with E-state index >= 15 is 0 Å². The molecule has 2 aliphatic rings. The van der Waals surface area contributed by atoms with Crippen LogP contribution in [0.25, 0.3) is 11.1 Å². The van der Waals surface area contributed by atoms with E-state index in [1.165, 1.54) is 19.3 Å². The summed E-state index contributed by atoms with van der Waals surface area (Å²) in [6.45, 7) is 7.10. The summed E-state index contributed by atoms with van der Waals surface area (Å²) in [5.41, 5.74) is 1.33. The van der Waals surface area contributed by atoms with Crippen molar-refractivity contribution in [2.45, 2.75) is 96.7 Å². The van der Waals surface area contributed by atoms with Gasteiger partial charge in [0, 0.05) is 24.7 Å². The minimum atomic E-state index is -0.918. The first-order valence-corrected chi connectivity index (χ1v) is 13.9. The van der Waals surface area contributed by atoms with Crippen LogP contribution >= 0.6 is 11.8 Å². The van der Waals surface area contributed by atoms with Crippen molar-refractivity contribution in [1.82, 2.24) is 14.8 Å². The summed E-state index contributed by atoms with van der Waals surface area (Å²) >= 11 is 1.92. The van der Waals surface area contributed by atoms with Gasteiger partial charge in [0.25, 0.3) is 5.91 Å². The van der Waals surface area contributed by atoms with Crippen molar-refractivity contribution in [3.05, 3.63) is 23.6 Å². The molecule has 2 aromatic rings. The number of rotatable bonds is 8. The lowest BCUT2D eigenvalue weighted by molar-refractivity contribution is -0.133. The molecule has 2 amide bonds. The molecule has 3 heterocycles. The zero-order chi connectivity index (χ0) is 23.4. The van der Waals surface area contributed by atoms with E-state index in [1.807, 2.05) is 47.2 Å². The Hall–Kier alpha value is -1.89. The summed E-state index contributed by atoms with van der Waals surface area (Å²) in [6.07, 6.45) is 10.2. The molecule has 33 heavy (non-hydrogen) atoms. The van der Waals surface area contributed by atoms with Crippen LogP contribution in [-0.4, -0.2) is 50.9 Å². The maximum absolute atomic E-state index is 13.8. The first-order valence-electron chi connectivity index (χ1n) is 12.7. The van der Waals surface area contributed by atoms with Gasteiger partial charge >= 0.3 is 0 Å². The highest BCUT2D eigenvalue weighted by Crippen LogP contribution is 2.34. The van der Waals surface area contributed by atoms with Crippen LogP contribution in [-0.2, 0) is 11.3 Å². The molecule has 1 N–H and O–H groups in total. The van der Waals surface area contributed by atoms with E-state index < -0.39 is 5.54 Å². The Balaban J connectivity index is 1.59. The molecule has 1 fully saturated rings. The third kappa shape index (κ3) is 5.13. The molecule has 1 aliphatic heterocycles. The van der Waals surface area contributed by atoms with Crippen molar-refractivity contribution in [3.8, 4) is 0 Å². The van der Waals surface area contributed by atoms with Gasteiger partial charge in [-0.25, -0.2) is 0 Å². The largest absolute Gasteiger partial charge is 0.460 e. The fourth-order valence-electron chi connectivity index (χ4n) is 5.32. The number of hydrogen-bond donors (Lipinski definition) is 1. The van der Waals surface area contributed by atoms with E-state index in [-0.39, 0.29) is 17.9 Å². The van der Waals surface area contributed by atoms with Gasteiger partial charge < -0.3 is 19.2 Å². The maximum Gasteiger partial charge on any atom is 0.271 e. The average Bonchev–Trinajstić information content (AvgIpc) is 3.28. The summed E-state index contributed by atoms with van der Waals surface area (Å²) in [5.74, 6) is 2.86. The van der Waals surface area contributed by atoms with E-state index in [0.717, 1.165) is 66.9 Å². The van der Waals surface area contributed by atoms with E-state index in [4.69, 9.17) is 4.42 Å². The van der Waals surface area contributed by atoms with Crippen LogP contribution in [0, 0.1) is 6.92 Å². The minimum absolute atomic E-state index is 0.0182. The Bertz CT molecular complexity index is 973. The average molecular weight is 474 g/mol. The summed E-state index contributed by atoms with van der Waals surface area (Å²) in [6, 6.07) is 4.01. The van der Waals surface area contributed by atoms with E-state index in [1.54, 1.807) is 0 Å². The van der Waals surface area contributed by atoms with Gasteiger partial charge in [-0.1, -0.05) is 39.0 Å². The molecule has 2 aromatic heterocycles. The summed E-state index contributed by atoms with van der Waals surface area (Å²) in [5, 5.41) is 3.36. The van der Waals surface area contributed by atoms with Crippen LogP contribution in [0.1, 0.15) is 87.9 Å². The number of carbonyl (C=O) groups is 2. The van der Waals surface area contributed by atoms with Gasteiger partial charge in [0.05, 0.1) is 12.1 Å². The third-order valence-corrected chi connectivity index (χ3v) is 8.46. The fourth-order valence-corrected chi connectivity index (χ4v) is 6.15. The topological polar surface area (TPSA) is 67.5 Å². The van der Waals surface area contributed by atoms with Crippen LogP contribution in [0.3, 0.4) is 0 Å². The van der Waals surface area contributed by atoms with E-state index in [2.05, 4.69) is 12.2 Å². The molecular weight excluding hydrogens is 434 g/mol. The number of amides is 2. The lowest BCUT2D eigenvalue weighted by Crippen LogP contribution is -2.65. The number of hydrogen-bond acceptors (Lipinski definition) is 4. The Kier molecular flexibility index (Phi) is 7.77. The predicted octanol–water partition coefficient (Wildman–Crippen LogP) is 5.52. The number of furan rings is 1. The molecule has 182 valence electrons. The molecule has 0 spiro atoms. The monoisotopic (exact) mass is 473 g/mol. The standard InChI is InChI=1S/C26H39N3O3S/c1-4-14-33-15-10-13-29-24(30)22-17-23-21(16-19(2)32-23)28(22)18-26(29,3)25(31)27-20-11-8-6-5-7-9-12-20/h16-17,20H,4-15,18H2,1-3H3,(H,27,31)/t26-/m0/s1. The van der Waals surface area contributed by atoms with Crippen molar-refractivity contribution in [3.63, 3.8) is 0 Å². The Labute approximate surface area is 201 Å². The first-order chi connectivity index (χ1) is 15.9. The zero-order valence-electron chi connectivity index (χ0n) is 20.5. The molecule has 1 atom stereocenters. The van der Waals surface area contributed by atoms with Gasteiger partial charge in [-0.05, 0) is 51.0 Å². The number of aryl methyl sites for hydroxylation is 1. The number of nitrogens with zero attached hydrogens (tertiary/aromatic N) is 2. The molecule has 6 nitrogen and oxygen atoms in total. The lowest BCUT2D eigenvalue weighted by atomic mass is 9.92. The molecular formula is C26H39N3O3S. The molecule has 0 radical (unpaired) electrons. The number of thioether (sulfide) groups is 1. The van der Waals surface area contributed by atoms with Crippen LogP contribution < -0.4 is 5.32 Å². The molecule has 0 bridgehead atoms. The molecule has 0 saturated heterocycles. The normalized spacial score (nSPS) is 22.3. The summed E-state index contributed by atoms with van der Waals surface area (Å²) < 4.78 is 7.80. The molecule has 7 heteroatoms. The quantitative estimate of drug-likeness (QED) is 0.513. The lowest BCUT2D eigenvalue weighted by Gasteiger charge is -2.44. The van der Waals surface area contributed by atoms with Crippen LogP contribution in [0.5, 0.6) is 0 Å². The predicted molar refractivity (Wildman–Crippen MR) is 135 cm³/mol. The number of fused-ring (bicyclic) bond motifs is 3. The van der Waals surface area contributed by atoms with Gasteiger partial charge in [-0.3, -0.25) is 9.59 Å². The van der Waals surface area contributed by atoms with Gasteiger partial charge in [0.15, 0.2) is 5.58 Å². The number of carbonyl (C=O) groups excluding carboxylic acids is 2. The van der Waals surface area contributed by atoms with E-state index in [9.17, 15) is 9.59 Å². The summed E-state index contributed by atoms with van der Waals surface area (Å²) in [4.78, 5) is 29.3. The number of aromatic nitrogens is 1. The minimum Gasteiger partial charge on any atom is -0.460 e. The zero-order valence-corrected chi connectivity index (χ0v) is 21.3. The Morgan fingerprint density at radius 1 is 1.18 bits per heavy atom. The number of nitrogens with one attached hydrogen (secondary N) is 1. The first kappa shape index (κ1) is 24.2. The maximum atomic E-state index is 13.8. The Morgan fingerprint density at radius 2 is 1.91 bits per heavy atom. The second kappa shape index (κ2) is 10.6. The second-order valence-electron chi connectivity index (χ2n) is 9.93. The fraction of sp³-hybridized carbons (Fsp3) is 0.692. The van der Waals surface area contributed by atoms with Gasteiger partial charge in [0.1, 0.15) is 17.0 Å². The molecule has 4 rings (SSSR count). The van der Waals surface area contributed by atoms with Gasteiger partial charge in [0.2, 0.25) is 5.91 Å². The van der Waals surface area contributed by atoms with Crippen molar-refractivity contribution in [2.75, 3.05) is 18.1 Å². The molecule has 1 saturated carbocycles. The van der Waals surface area contributed by atoms with Crippen molar-refractivity contribution >= 4 is 34.7 Å². The smallest absolute Gasteiger partial charge is 0.271 e. The van der Waals surface area contributed by atoms with Crippen LogP contribution in [0.15, 0.2) is 16.5 Å². The highest BCUT2D eigenvalue weighted by Gasteiger charge is 2.48. The van der Waals surface area contributed by atoms with Crippen molar-refractivity contribution in [1.29, 1.82) is 0 Å². The molecule has 1 aliphatic carbocycles. The van der Waals surface area contributed by atoms with Crippen LogP contribution in [0.4, 0.5) is 0 Å². The van der Waals surface area contributed by atoms with E-state index in [0.29, 0.717) is 18.8 Å². The SMILES string of the molecule is CCCSCCCN1C(=O)c2cc3oc(C)cc3n2C[C@@]1(C)C(=O)NC1CCCCCCC1. The highest BCUT2D eigenvalue weighted by molar-refractivity contribution is 7.99. The third-order valence-electron chi connectivity index (χ3n) is 7.19. The van der Waals surface area contributed by atoms with Gasteiger partial charge in [-0.2, -0.15) is 11.8 Å². The second-order valence-corrected chi connectivity index (χ2v) is 11.2. The highest BCUT2D eigenvalue weighted by atomic mass is 32.2. The van der Waals surface area contributed by atoms with Crippen molar-refractivity contribution in [2.24, 2.45) is 0 Å². The molecule has 0 unspecified atom stereocenters. The molecule has 0 aromatic carbocycles. The Morgan fingerprint density at radius 3 is 2.64 bits per heavy atom. The van der Waals surface area contributed by atoms with Crippen molar-refractivity contribution < 1.29 is 14.0 Å².